The van der Waals surface area contributed by atoms with Crippen LogP contribution < -0.4 is 0 Å². The number of pyridine rings is 1. The molecule has 2 rings (SSSR count). The molecule has 1 aromatic heterocycles. The second kappa shape index (κ2) is 6.06. The minimum Gasteiger partial charge on any atom is -0.313 e. The van der Waals surface area contributed by atoms with Crippen molar-refractivity contribution in [3.8, 4) is 0 Å². The van der Waals surface area contributed by atoms with Gasteiger partial charge in [-0.05, 0) is 29.8 Å². The minimum atomic E-state index is -0.731. The highest BCUT2D eigenvalue weighted by atomic mass is 35.5. The summed E-state index contributed by atoms with van der Waals surface area (Å²) >= 11 is 5.72. The van der Waals surface area contributed by atoms with Gasteiger partial charge in [-0.2, -0.15) is 0 Å². The van der Waals surface area contributed by atoms with E-state index in [9.17, 15) is 9.18 Å². The average molecular weight is 279 g/mol. The van der Waals surface area contributed by atoms with Crippen molar-refractivity contribution in [1.29, 1.82) is 0 Å². The van der Waals surface area contributed by atoms with Crippen molar-refractivity contribution in [1.82, 2.24) is 4.98 Å². The first-order valence-electron chi connectivity index (χ1n) is 5.27. The van der Waals surface area contributed by atoms with Crippen LogP contribution in [0.2, 0.25) is 5.15 Å². The van der Waals surface area contributed by atoms with Gasteiger partial charge >= 0.3 is 5.97 Å². The van der Waals surface area contributed by atoms with Gasteiger partial charge in [-0.25, -0.2) is 14.2 Å². The number of carbonyl (C=O) groups is 1. The lowest BCUT2D eigenvalue weighted by Gasteiger charge is -1.99. The molecule has 0 aliphatic heterocycles. The number of oxime groups is 1. The van der Waals surface area contributed by atoms with Crippen molar-refractivity contribution in [3.63, 3.8) is 0 Å². The number of nitrogens with zero attached hydrogens (tertiary/aromatic N) is 2. The molecule has 96 valence electrons. The normalized spacial score (nSPS) is 10.6. The molecule has 0 aliphatic carbocycles. The average Bonchev–Trinajstić information content (AvgIpc) is 2.39. The van der Waals surface area contributed by atoms with Crippen LogP contribution in [-0.4, -0.2) is 17.2 Å². The summed E-state index contributed by atoms with van der Waals surface area (Å²) in [4.78, 5) is 20.0. The lowest BCUT2D eigenvalue weighted by Crippen LogP contribution is -2.02. The molecule has 0 aliphatic rings. The van der Waals surface area contributed by atoms with E-state index >= 15 is 0 Å². The molecule has 0 radical (unpaired) electrons. The SMILES string of the molecule is O=C(O/N=C\c1cccc(F)c1)c1cccnc1Cl. The molecule has 1 heterocycles. The van der Waals surface area contributed by atoms with Gasteiger partial charge in [0.2, 0.25) is 0 Å². The molecule has 6 heteroatoms. The largest absolute Gasteiger partial charge is 0.368 e. The molecule has 0 fully saturated rings. The number of hydrogen-bond acceptors (Lipinski definition) is 4. The van der Waals surface area contributed by atoms with Crippen LogP contribution in [0, 0.1) is 5.82 Å². The van der Waals surface area contributed by atoms with Gasteiger partial charge < -0.3 is 4.84 Å². The monoisotopic (exact) mass is 278 g/mol. The van der Waals surface area contributed by atoms with Crippen LogP contribution in [0.3, 0.4) is 0 Å². The zero-order valence-electron chi connectivity index (χ0n) is 9.59. The molecule has 19 heavy (non-hydrogen) atoms. The Morgan fingerprint density at radius 3 is 2.95 bits per heavy atom. The molecule has 0 unspecified atom stereocenters. The Hall–Kier alpha value is -2.27. The molecule has 0 saturated carbocycles. The standard InChI is InChI=1S/C13H8ClFN2O2/c14-12-11(5-2-6-16-12)13(18)19-17-8-9-3-1-4-10(15)7-9/h1-8H/b17-8-. The third-order valence-electron chi connectivity index (χ3n) is 2.17. The fourth-order valence-electron chi connectivity index (χ4n) is 1.31. The van der Waals surface area contributed by atoms with Gasteiger partial charge in [0.15, 0.2) is 0 Å². The molecule has 4 nitrogen and oxygen atoms in total. The molecule has 0 spiro atoms. The van der Waals surface area contributed by atoms with Crippen LogP contribution in [0.4, 0.5) is 4.39 Å². The molecule has 0 bridgehead atoms. The maximum absolute atomic E-state index is 12.9. The van der Waals surface area contributed by atoms with Crippen molar-refractivity contribution in [2.24, 2.45) is 5.16 Å². The zero-order chi connectivity index (χ0) is 13.7. The van der Waals surface area contributed by atoms with Crippen LogP contribution >= 0.6 is 11.6 Å². The lowest BCUT2D eigenvalue weighted by molar-refractivity contribution is 0.0519. The highest BCUT2D eigenvalue weighted by Gasteiger charge is 2.11. The molecule has 0 N–H and O–H groups in total. The quantitative estimate of drug-likeness (QED) is 0.375. The molecule has 0 amide bonds. The van der Waals surface area contributed by atoms with E-state index in [2.05, 4.69) is 15.0 Å². The Kier molecular flexibility index (Phi) is 4.20. The molecule has 1 aromatic carbocycles. The van der Waals surface area contributed by atoms with E-state index in [0.29, 0.717) is 5.56 Å². The number of halogens is 2. The summed E-state index contributed by atoms with van der Waals surface area (Å²) in [5, 5.41) is 3.51. The third kappa shape index (κ3) is 3.59. The van der Waals surface area contributed by atoms with Crippen molar-refractivity contribution >= 4 is 23.8 Å². The Bertz CT molecular complexity index is 632. The minimum absolute atomic E-state index is 0.0356. The fraction of sp³-hybridized carbons (Fsp3) is 0. The van der Waals surface area contributed by atoms with Crippen LogP contribution in [0.15, 0.2) is 47.8 Å². The van der Waals surface area contributed by atoms with E-state index in [4.69, 9.17) is 11.6 Å². The Balaban J connectivity index is 2.03. The van der Waals surface area contributed by atoms with Gasteiger partial charge in [-0.1, -0.05) is 28.9 Å². The Labute approximate surface area is 113 Å². The van der Waals surface area contributed by atoms with Gasteiger partial charge in [0.05, 0.1) is 11.8 Å². The number of aromatic nitrogens is 1. The highest BCUT2D eigenvalue weighted by Crippen LogP contribution is 2.12. The predicted molar refractivity (Wildman–Crippen MR) is 68.7 cm³/mol. The van der Waals surface area contributed by atoms with Gasteiger partial charge in [-0.3, -0.25) is 0 Å². The number of rotatable bonds is 3. The van der Waals surface area contributed by atoms with Crippen molar-refractivity contribution in [2.75, 3.05) is 0 Å². The molecule has 2 aromatic rings. The first kappa shape index (κ1) is 13.2. The summed E-state index contributed by atoms with van der Waals surface area (Å²) in [6.07, 6.45) is 2.68. The van der Waals surface area contributed by atoms with E-state index in [1.54, 1.807) is 12.1 Å². The van der Waals surface area contributed by atoms with Gasteiger partial charge in [0.1, 0.15) is 11.0 Å². The summed E-state index contributed by atoms with van der Waals surface area (Å²) in [6, 6.07) is 8.73. The van der Waals surface area contributed by atoms with Crippen LogP contribution in [0.1, 0.15) is 15.9 Å². The third-order valence-corrected chi connectivity index (χ3v) is 2.47. The highest BCUT2D eigenvalue weighted by molar-refractivity contribution is 6.32. The molecule has 0 atom stereocenters. The first-order chi connectivity index (χ1) is 9.16. The fourth-order valence-corrected chi connectivity index (χ4v) is 1.51. The second-order valence-electron chi connectivity index (χ2n) is 3.51. The van der Waals surface area contributed by atoms with E-state index in [1.807, 2.05) is 0 Å². The number of hydrogen-bond donors (Lipinski definition) is 0. The smallest absolute Gasteiger partial charge is 0.313 e. The predicted octanol–water partition coefficient (Wildman–Crippen LogP) is 3.07. The summed E-state index contributed by atoms with van der Waals surface area (Å²) < 4.78 is 12.9. The Morgan fingerprint density at radius 1 is 1.37 bits per heavy atom. The van der Waals surface area contributed by atoms with Crippen LogP contribution in [0.5, 0.6) is 0 Å². The topological polar surface area (TPSA) is 51.5 Å². The summed E-state index contributed by atoms with van der Waals surface area (Å²) in [6.45, 7) is 0. The molecular formula is C13H8ClFN2O2. The maximum Gasteiger partial charge on any atom is 0.368 e. The van der Waals surface area contributed by atoms with Gasteiger partial charge in [0, 0.05) is 6.20 Å². The van der Waals surface area contributed by atoms with Crippen molar-refractivity contribution < 1.29 is 14.0 Å². The van der Waals surface area contributed by atoms with E-state index in [0.717, 1.165) is 0 Å². The zero-order valence-corrected chi connectivity index (χ0v) is 10.3. The maximum atomic E-state index is 12.9. The van der Waals surface area contributed by atoms with E-state index < -0.39 is 11.8 Å². The Morgan fingerprint density at radius 2 is 2.21 bits per heavy atom. The summed E-state index contributed by atoms with van der Waals surface area (Å²) in [7, 11) is 0. The molecular weight excluding hydrogens is 271 g/mol. The van der Waals surface area contributed by atoms with E-state index in [-0.39, 0.29) is 10.7 Å². The summed E-state index contributed by atoms with van der Waals surface area (Å²) in [5.74, 6) is -1.13. The summed E-state index contributed by atoms with van der Waals surface area (Å²) in [5.41, 5.74) is 0.589. The lowest BCUT2D eigenvalue weighted by atomic mass is 10.2. The van der Waals surface area contributed by atoms with Gasteiger partial charge in [0.25, 0.3) is 0 Å². The second-order valence-corrected chi connectivity index (χ2v) is 3.87. The first-order valence-corrected chi connectivity index (χ1v) is 5.65. The van der Waals surface area contributed by atoms with E-state index in [1.165, 1.54) is 36.7 Å². The number of carbonyl (C=O) groups excluding carboxylic acids is 1. The van der Waals surface area contributed by atoms with Crippen molar-refractivity contribution in [2.45, 2.75) is 0 Å². The van der Waals surface area contributed by atoms with Crippen molar-refractivity contribution in [3.05, 3.63) is 64.7 Å². The molecule has 0 saturated heterocycles. The van der Waals surface area contributed by atoms with Crippen LogP contribution in [0.25, 0.3) is 0 Å². The number of benzene rings is 1. The van der Waals surface area contributed by atoms with Crippen LogP contribution in [-0.2, 0) is 4.84 Å². The van der Waals surface area contributed by atoms with Gasteiger partial charge in [-0.15, -0.1) is 0 Å².